The molecule has 3 aromatic carbocycles. The molecule has 1 amide bonds. The van der Waals surface area contributed by atoms with Crippen molar-refractivity contribution >= 4 is 11.6 Å². The Morgan fingerprint density at radius 3 is 1.95 bits per heavy atom. The van der Waals surface area contributed by atoms with E-state index in [0.29, 0.717) is 16.7 Å². The summed E-state index contributed by atoms with van der Waals surface area (Å²) in [6, 6.07) is 13.4. The molecular formula is C26H18F8N2O2. The van der Waals surface area contributed by atoms with Crippen LogP contribution in [0.5, 0.6) is 5.75 Å². The minimum Gasteiger partial charge on any atom is -0.406 e. The number of carbonyl (C=O) groups excluding carboxylic acids is 1. The van der Waals surface area contributed by atoms with Gasteiger partial charge in [0.05, 0.1) is 17.5 Å². The summed E-state index contributed by atoms with van der Waals surface area (Å²) in [4.78, 5) is 17.0. The minimum atomic E-state index is -4.83. The Labute approximate surface area is 211 Å². The zero-order chi connectivity index (χ0) is 27.7. The number of nitrogens with one attached hydrogen (secondary N) is 1. The Morgan fingerprint density at radius 1 is 0.868 bits per heavy atom. The van der Waals surface area contributed by atoms with Gasteiger partial charge in [-0.1, -0.05) is 42.5 Å². The highest BCUT2D eigenvalue weighted by Gasteiger charge is 2.39. The van der Waals surface area contributed by atoms with E-state index in [0.717, 1.165) is 30.3 Å². The van der Waals surface area contributed by atoms with Crippen LogP contribution in [0.25, 0.3) is 11.1 Å². The zero-order valence-corrected chi connectivity index (χ0v) is 19.2. The molecule has 4 rings (SSSR count). The first-order chi connectivity index (χ1) is 17.8. The standard InChI is InChI=1S/C26H18F8N2O2/c27-19-2-1-3-20(28)22(19)21-12-18(24(37)35-13-25(29,30)31)23(36-21)16-6-4-14(5-7-16)15-8-10-17(11-9-15)38-26(32,33)34/h1-11,18,23H,12-13H2,(H,35,37). The van der Waals surface area contributed by atoms with Crippen LogP contribution in [0, 0.1) is 17.6 Å². The zero-order valence-electron chi connectivity index (χ0n) is 19.2. The van der Waals surface area contributed by atoms with Gasteiger partial charge < -0.3 is 10.1 Å². The van der Waals surface area contributed by atoms with Gasteiger partial charge in [-0.2, -0.15) is 13.2 Å². The molecule has 12 heteroatoms. The van der Waals surface area contributed by atoms with Crippen molar-refractivity contribution in [2.45, 2.75) is 25.0 Å². The van der Waals surface area contributed by atoms with E-state index in [9.17, 15) is 39.9 Å². The van der Waals surface area contributed by atoms with Gasteiger partial charge in [0.15, 0.2) is 0 Å². The van der Waals surface area contributed by atoms with Crippen LogP contribution in [0.15, 0.2) is 71.7 Å². The summed E-state index contributed by atoms with van der Waals surface area (Å²) in [5.74, 6) is -4.40. The molecule has 0 radical (unpaired) electrons. The van der Waals surface area contributed by atoms with Gasteiger partial charge in [-0.05, 0) is 41.0 Å². The third-order valence-corrected chi connectivity index (χ3v) is 5.81. The van der Waals surface area contributed by atoms with Crippen LogP contribution in [0.4, 0.5) is 35.1 Å². The fourth-order valence-corrected chi connectivity index (χ4v) is 4.15. The van der Waals surface area contributed by atoms with E-state index >= 15 is 0 Å². The maximum absolute atomic E-state index is 14.4. The summed E-state index contributed by atoms with van der Waals surface area (Å²) in [6.45, 7) is -1.58. The number of nitrogens with zero attached hydrogens (tertiary/aromatic N) is 1. The summed E-state index contributed by atoms with van der Waals surface area (Å²) in [5.41, 5.74) is 0.954. The lowest BCUT2D eigenvalue weighted by atomic mass is 9.90. The molecule has 0 aliphatic carbocycles. The van der Waals surface area contributed by atoms with Gasteiger partial charge in [-0.3, -0.25) is 9.79 Å². The van der Waals surface area contributed by atoms with Gasteiger partial charge in [0, 0.05) is 12.1 Å². The first-order valence-corrected chi connectivity index (χ1v) is 11.1. The number of rotatable bonds is 6. The quantitative estimate of drug-likeness (QED) is 0.350. The molecule has 3 aromatic rings. The van der Waals surface area contributed by atoms with Crippen molar-refractivity contribution in [1.29, 1.82) is 0 Å². The van der Waals surface area contributed by atoms with Crippen LogP contribution in [0.1, 0.15) is 23.6 Å². The number of hydrogen-bond donors (Lipinski definition) is 1. The second-order valence-corrected chi connectivity index (χ2v) is 8.46. The first-order valence-electron chi connectivity index (χ1n) is 11.1. The third kappa shape index (κ3) is 6.48. The van der Waals surface area contributed by atoms with Gasteiger partial charge in [0.2, 0.25) is 5.91 Å². The number of hydrogen-bond acceptors (Lipinski definition) is 3. The molecule has 0 saturated carbocycles. The van der Waals surface area contributed by atoms with Crippen LogP contribution in [0.2, 0.25) is 0 Å². The topological polar surface area (TPSA) is 50.7 Å². The van der Waals surface area contributed by atoms with Crippen LogP contribution >= 0.6 is 0 Å². The average Bonchev–Trinajstić information content (AvgIpc) is 3.27. The van der Waals surface area contributed by atoms with Crippen LogP contribution in [-0.4, -0.2) is 30.7 Å². The summed E-state index contributed by atoms with van der Waals surface area (Å²) in [5, 5.41) is 1.81. The molecule has 0 saturated heterocycles. The predicted octanol–water partition coefficient (Wildman–Crippen LogP) is 6.76. The van der Waals surface area contributed by atoms with Crippen molar-refractivity contribution in [2.75, 3.05) is 6.54 Å². The van der Waals surface area contributed by atoms with Crippen molar-refractivity contribution in [3.8, 4) is 16.9 Å². The number of ether oxygens (including phenoxy) is 1. The van der Waals surface area contributed by atoms with Crippen molar-refractivity contribution < 1.29 is 44.7 Å². The molecule has 0 aromatic heterocycles. The van der Waals surface area contributed by atoms with E-state index in [2.05, 4.69) is 9.73 Å². The molecule has 0 bridgehead atoms. The Bertz CT molecular complexity index is 1310. The van der Waals surface area contributed by atoms with E-state index in [-0.39, 0.29) is 12.1 Å². The van der Waals surface area contributed by atoms with Crippen LogP contribution in [-0.2, 0) is 4.79 Å². The number of alkyl halides is 6. The summed E-state index contributed by atoms with van der Waals surface area (Å²) in [6.07, 6.45) is -9.79. The van der Waals surface area contributed by atoms with E-state index in [4.69, 9.17) is 0 Å². The fourth-order valence-electron chi connectivity index (χ4n) is 4.15. The summed E-state index contributed by atoms with van der Waals surface area (Å²) < 4.78 is 108. The van der Waals surface area contributed by atoms with Crippen LogP contribution in [0.3, 0.4) is 0 Å². The normalized spacial score (nSPS) is 17.7. The number of aliphatic imine (C=N–C) groups is 1. The largest absolute Gasteiger partial charge is 0.573 e. The summed E-state index contributed by atoms with van der Waals surface area (Å²) >= 11 is 0. The molecular weight excluding hydrogens is 524 g/mol. The Kier molecular flexibility index (Phi) is 7.43. The maximum Gasteiger partial charge on any atom is 0.573 e. The molecule has 2 atom stereocenters. The highest BCUT2D eigenvalue weighted by atomic mass is 19.4. The van der Waals surface area contributed by atoms with Gasteiger partial charge >= 0.3 is 12.5 Å². The van der Waals surface area contributed by atoms with Gasteiger partial charge in [-0.25, -0.2) is 8.78 Å². The van der Waals surface area contributed by atoms with Crippen molar-refractivity contribution in [2.24, 2.45) is 10.9 Å². The molecule has 2 unspecified atom stereocenters. The van der Waals surface area contributed by atoms with Crippen molar-refractivity contribution in [3.05, 3.63) is 89.5 Å². The lowest BCUT2D eigenvalue weighted by Gasteiger charge is -2.19. The Hall–Kier alpha value is -3.96. The maximum atomic E-state index is 14.4. The van der Waals surface area contributed by atoms with Crippen molar-refractivity contribution in [3.63, 3.8) is 0 Å². The van der Waals surface area contributed by atoms with E-state index in [1.165, 1.54) is 24.3 Å². The number of carbonyl (C=O) groups is 1. The Morgan fingerprint density at radius 2 is 1.42 bits per heavy atom. The minimum absolute atomic E-state index is 0.0953. The monoisotopic (exact) mass is 542 g/mol. The Balaban J connectivity index is 1.62. The highest BCUT2D eigenvalue weighted by Crippen LogP contribution is 2.38. The second kappa shape index (κ2) is 10.4. The second-order valence-electron chi connectivity index (χ2n) is 8.46. The molecule has 1 aliphatic heterocycles. The molecule has 0 fully saturated rings. The van der Waals surface area contributed by atoms with E-state index in [1.807, 2.05) is 5.32 Å². The lowest BCUT2D eigenvalue weighted by Crippen LogP contribution is -2.38. The smallest absolute Gasteiger partial charge is 0.406 e. The number of benzene rings is 3. The molecule has 38 heavy (non-hydrogen) atoms. The molecule has 1 aliphatic rings. The van der Waals surface area contributed by atoms with Crippen LogP contribution < -0.4 is 10.1 Å². The fraction of sp³-hybridized carbons (Fsp3) is 0.231. The number of amides is 1. The van der Waals surface area contributed by atoms with E-state index in [1.54, 1.807) is 12.1 Å². The lowest BCUT2D eigenvalue weighted by molar-refractivity contribution is -0.274. The summed E-state index contributed by atoms with van der Waals surface area (Å²) in [7, 11) is 0. The third-order valence-electron chi connectivity index (χ3n) is 5.81. The molecule has 1 N–H and O–H groups in total. The average molecular weight is 542 g/mol. The molecule has 0 spiro atoms. The molecule has 200 valence electrons. The first kappa shape index (κ1) is 27.1. The van der Waals surface area contributed by atoms with Gasteiger partial charge in [0.1, 0.15) is 23.9 Å². The van der Waals surface area contributed by atoms with Gasteiger partial charge in [-0.15, -0.1) is 13.2 Å². The number of halogens is 8. The predicted molar refractivity (Wildman–Crippen MR) is 121 cm³/mol. The molecule has 4 nitrogen and oxygen atoms in total. The molecule has 1 heterocycles. The van der Waals surface area contributed by atoms with E-state index < -0.39 is 59.9 Å². The SMILES string of the molecule is O=C(NCC(F)(F)F)C1CC(c2c(F)cccc2F)=NC1c1ccc(-c2ccc(OC(F)(F)F)cc2)cc1. The van der Waals surface area contributed by atoms with Crippen molar-refractivity contribution in [1.82, 2.24) is 5.32 Å². The van der Waals surface area contributed by atoms with Gasteiger partial charge in [0.25, 0.3) is 0 Å². The highest BCUT2D eigenvalue weighted by molar-refractivity contribution is 6.05.